The first kappa shape index (κ1) is 23.5. The zero-order valence-electron chi connectivity index (χ0n) is 15.9. The molecule has 0 bridgehead atoms. The average Bonchev–Trinajstić information content (AvgIpc) is 2.66. The molecule has 0 heterocycles. The van der Waals surface area contributed by atoms with Gasteiger partial charge in [-0.05, 0) is 42.3 Å². The fraction of sp³-hybridized carbons (Fsp3) is 0.350. The molecular weight excluding hydrogens is 477 g/mol. The summed E-state index contributed by atoms with van der Waals surface area (Å²) in [4.78, 5) is 6.59. The Morgan fingerprint density at radius 1 is 1.19 bits per heavy atom. The number of aliphatic hydroxyl groups is 1. The van der Waals surface area contributed by atoms with Gasteiger partial charge >= 0.3 is 0 Å². The smallest absolute Gasteiger partial charge is 0.194 e. The molecule has 0 aliphatic carbocycles. The quantitative estimate of drug-likeness (QED) is 0.339. The van der Waals surface area contributed by atoms with Crippen LogP contribution in [0.3, 0.4) is 0 Å². The van der Waals surface area contributed by atoms with Gasteiger partial charge in [-0.15, -0.1) is 24.0 Å². The minimum absolute atomic E-state index is 0. The van der Waals surface area contributed by atoms with Gasteiger partial charge in [0.1, 0.15) is 5.75 Å². The second-order valence-electron chi connectivity index (χ2n) is 5.97. The predicted molar refractivity (Wildman–Crippen MR) is 122 cm³/mol. The molecule has 0 aliphatic rings. The van der Waals surface area contributed by atoms with Crippen molar-refractivity contribution >= 4 is 41.5 Å². The molecular formula is C20H27ClIN3O2. The van der Waals surface area contributed by atoms with Crippen LogP contribution in [-0.4, -0.2) is 43.2 Å². The van der Waals surface area contributed by atoms with Crippen molar-refractivity contribution < 1.29 is 9.84 Å². The number of rotatable bonds is 7. The third-order valence-electron chi connectivity index (χ3n) is 3.94. The number of guanidine groups is 1. The van der Waals surface area contributed by atoms with Crippen molar-refractivity contribution in [2.45, 2.75) is 19.6 Å². The molecule has 2 rings (SSSR count). The van der Waals surface area contributed by atoms with Crippen LogP contribution in [0.2, 0.25) is 5.02 Å². The molecule has 2 N–H and O–H groups in total. The van der Waals surface area contributed by atoms with E-state index in [0.717, 1.165) is 34.4 Å². The summed E-state index contributed by atoms with van der Waals surface area (Å²) < 4.78 is 5.14. The van der Waals surface area contributed by atoms with Gasteiger partial charge in [0.05, 0.1) is 19.8 Å². The summed E-state index contributed by atoms with van der Waals surface area (Å²) in [5.41, 5.74) is 1.95. The molecule has 148 valence electrons. The Labute approximate surface area is 183 Å². The molecule has 0 radical (unpaired) electrons. The van der Waals surface area contributed by atoms with Crippen LogP contribution in [0.1, 0.15) is 24.2 Å². The standard InChI is InChI=1S/C20H26ClN3O2.HI/c1-4-22-20(24(2)14-15-5-9-17(21)10-6-15)23-13-19(25)16-7-11-18(26-3)12-8-16;/h5-12,19,25H,4,13-14H2,1-3H3,(H,22,23);1H. The number of aliphatic hydroxyl groups excluding tert-OH is 1. The highest BCUT2D eigenvalue weighted by Gasteiger charge is 2.10. The van der Waals surface area contributed by atoms with Crippen LogP contribution >= 0.6 is 35.6 Å². The van der Waals surface area contributed by atoms with Crippen LogP contribution in [0.4, 0.5) is 0 Å². The first-order valence-electron chi connectivity index (χ1n) is 8.59. The summed E-state index contributed by atoms with van der Waals surface area (Å²) in [6.45, 7) is 3.75. The minimum Gasteiger partial charge on any atom is -0.497 e. The molecule has 0 aliphatic heterocycles. The third kappa shape index (κ3) is 7.56. The molecule has 0 spiro atoms. The van der Waals surface area contributed by atoms with Crippen molar-refractivity contribution in [3.63, 3.8) is 0 Å². The van der Waals surface area contributed by atoms with Gasteiger partial charge in [0.15, 0.2) is 5.96 Å². The Bertz CT molecular complexity index is 708. The van der Waals surface area contributed by atoms with E-state index < -0.39 is 6.10 Å². The van der Waals surface area contributed by atoms with Crippen LogP contribution in [0.25, 0.3) is 0 Å². The molecule has 5 nitrogen and oxygen atoms in total. The van der Waals surface area contributed by atoms with E-state index in [2.05, 4.69) is 10.3 Å². The topological polar surface area (TPSA) is 57.1 Å². The van der Waals surface area contributed by atoms with Gasteiger partial charge in [0, 0.05) is 25.2 Å². The molecule has 7 heteroatoms. The number of hydrogen-bond acceptors (Lipinski definition) is 3. The Morgan fingerprint density at radius 3 is 2.37 bits per heavy atom. The monoisotopic (exact) mass is 503 g/mol. The molecule has 0 amide bonds. The summed E-state index contributed by atoms with van der Waals surface area (Å²) in [5, 5.41) is 14.4. The number of aliphatic imine (C=N–C) groups is 1. The van der Waals surface area contributed by atoms with E-state index in [1.165, 1.54) is 0 Å². The molecule has 1 unspecified atom stereocenters. The SMILES string of the molecule is CCNC(=NCC(O)c1ccc(OC)cc1)N(C)Cc1ccc(Cl)cc1.I. The van der Waals surface area contributed by atoms with E-state index in [0.29, 0.717) is 6.54 Å². The maximum atomic E-state index is 10.4. The van der Waals surface area contributed by atoms with Crippen molar-refractivity contribution in [3.05, 3.63) is 64.7 Å². The minimum atomic E-state index is -0.668. The zero-order chi connectivity index (χ0) is 18.9. The fourth-order valence-electron chi connectivity index (χ4n) is 2.51. The van der Waals surface area contributed by atoms with E-state index in [1.54, 1.807) is 7.11 Å². The number of methoxy groups -OCH3 is 1. The van der Waals surface area contributed by atoms with Crippen LogP contribution in [0.5, 0.6) is 5.75 Å². The average molecular weight is 504 g/mol. The lowest BCUT2D eigenvalue weighted by Crippen LogP contribution is -2.38. The zero-order valence-corrected chi connectivity index (χ0v) is 18.9. The number of nitrogens with one attached hydrogen (secondary N) is 1. The molecule has 0 aromatic heterocycles. The maximum Gasteiger partial charge on any atom is 0.194 e. The number of halogens is 2. The van der Waals surface area contributed by atoms with E-state index in [1.807, 2.05) is 67.4 Å². The number of benzene rings is 2. The molecule has 2 aromatic rings. The third-order valence-corrected chi connectivity index (χ3v) is 4.20. The largest absolute Gasteiger partial charge is 0.497 e. The van der Waals surface area contributed by atoms with Crippen molar-refractivity contribution in [2.24, 2.45) is 4.99 Å². The van der Waals surface area contributed by atoms with Gasteiger partial charge in [-0.2, -0.15) is 0 Å². The Hall–Kier alpha value is -1.51. The van der Waals surface area contributed by atoms with Crippen LogP contribution in [-0.2, 0) is 6.54 Å². The second-order valence-corrected chi connectivity index (χ2v) is 6.40. The highest BCUT2D eigenvalue weighted by molar-refractivity contribution is 14.0. The fourth-order valence-corrected chi connectivity index (χ4v) is 2.64. The Morgan fingerprint density at radius 2 is 1.81 bits per heavy atom. The first-order valence-corrected chi connectivity index (χ1v) is 8.97. The van der Waals surface area contributed by atoms with Gasteiger partial charge in [-0.25, -0.2) is 0 Å². The second kappa shape index (κ2) is 12.0. The van der Waals surface area contributed by atoms with E-state index in [9.17, 15) is 5.11 Å². The lowest BCUT2D eigenvalue weighted by atomic mass is 10.1. The van der Waals surface area contributed by atoms with Gasteiger partial charge in [0.2, 0.25) is 0 Å². The van der Waals surface area contributed by atoms with E-state index in [4.69, 9.17) is 16.3 Å². The lowest BCUT2D eigenvalue weighted by molar-refractivity contribution is 0.186. The van der Waals surface area contributed by atoms with Gasteiger partial charge in [-0.3, -0.25) is 4.99 Å². The van der Waals surface area contributed by atoms with Crippen molar-refractivity contribution in [2.75, 3.05) is 27.2 Å². The molecule has 0 fully saturated rings. The highest BCUT2D eigenvalue weighted by atomic mass is 127. The van der Waals surface area contributed by atoms with Crippen molar-refractivity contribution in [1.29, 1.82) is 0 Å². The van der Waals surface area contributed by atoms with E-state index >= 15 is 0 Å². The van der Waals surface area contributed by atoms with Crippen molar-refractivity contribution in [1.82, 2.24) is 10.2 Å². The van der Waals surface area contributed by atoms with Crippen molar-refractivity contribution in [3.8, 4) is 5.75 Å². The maximum absolute atomic E-state index is 10.4. The summed E-state index contributed by atoms with van der Waals surface area (Å²) >= 11 is 5.94. The number of ether oxygens (including phenoxy) is 1. The summed E-state index contributed by atoms with van der Waals surface area (Å²) in [7, 11) is 3.59. The molecule has 1 atom stereocenters. The van der Waals surface area contributed by atoms with Crippen LogP contribution in [0.15, 0.2) is 53.5 Å². The van der Waals surface area contributed by atoms with Crippen LogP contribution in [0, 0.1) is 0 Å². The van der Waals surface area contributed by atoms with Gasteiger partial charge < -0.3 is 20.1 Å². The van der Waals surface area contributed by atoms with Crippen LogP contribution < -0.4 is 10.1 Å². The highest BCUT2D eigenvalue weighted by Crippen LogP contribution is 2.18. The molecule has 0 saturated heterocycles. The lowest BCUT2D eigenvalue weighted by Gasteiger charge is -2.22. The summed E-state index contributed by atoms with van der Waals surface area (Å²) in [5.74, 6) is 1.51. The summed E-state index contributed by atoms with van der Waals surface area (Å²) in [6.07, 6.45) is -0.668. The normalized spacial score (nSPS) is 12.1. The number of hydrogen-bond donors (Lipinski definition) is 2. The van der Waals surface area contributed by atoms with Gasteiger partial charge in [-0.1, -0.05) is 35.9 Å². The van der Waals surface area contributed by atoms with E-state index in [-0.39, 0.29) is 30.5 Å². The Kier molecular flexibility index (Phi) is 10.5. The predicted octanol–water partition coefficient (Wildman–Crippen LogP) is 4.10. The first-order chi connectivity index (χ1) is 12.5. The number of nitrogens with zero attached hydrogens (tertiary/aromatic N) is 2. The molecule has 27 heavy (non-hydrogen) atoms. The molecule has 2 aromatic carbocycles. The summed E-state index contributed by atoms with van der Waals surface area (Å²) in [6, 6.07) is 15.1. The molecule has 0 saturated carbocycles. The van der Waals surface area contributed by atoms with Gasteiger partial charge in [0.25, 0.3) is 0 Å². The Balaban J connectivity index is 0.00000364.